The lowest BCUT2D eigenvalue weighted by molar-refractivity contribution is 0.462. The Bertz CT molecular complexity index is 534. The van der Waals surface area contributed by atoms with Crippen molar-refractivity contribution in [3.05, 3.63) is 35.9 Å². The standard InChI is InChI=1S/C13H16N4O/c1-8(2)9-4-3-5-10(6-9)18-12-7-11(14)16-13(15)17-12/h3-8H,1-2H3,(H4,14,15,16,17). The van der Waals surface area contributed by atoms with E-state index >= 15 is 0 Å². The predicted octanol–water partition coefficient (Wildman–Crippen LogP) is 2.56. The van der Waals surface area contributed by atoms with Gasteiger partial charge in [-0.2, -0.15) is 9.97 Å². The molecule has 1 heterocycles. The molecule has 0 radical (unpaired) electrons. The number of hydrogen-bond acceptors (Lipinski definition) is 5. The molecule has 0 spiro atoms. The van der Waals surface area contributed by atoms with E-state index in [1.165, 1.54) is 5.56 Å². The lowest BCUT2D eigenvalue weighted by Gasteiger charge is -2.09. The molecule has 0 saturated heterocycles. The largest absolute Gasteiger partial charge is 0.439 e. The van der Waals surface area contributed by atoms with Crippen LogP contribution in [0.4, 0.5) is 11.8 Å². The van der Waals surface area contributed by atoms with E-state index in [2.05, 4.69) is 29.9 Å². The van der Waals surface area contributed by atoms with Gasteiger partial charge in [-0.1, -0.05) is 26.0 Å². The van der Waals surface area contributed by atoms with Crippen LogP contribution in [0, 0.1) is 0 Å². The van der Waals surface area contributed by atoms with E-state index in [9.17, 15) is 0 Å². The van der Waals surface area contributed by atoms with Crippen LogP contribution < -0.4 is 16.2 Å². The monoisotopic (exact) mass is 244 g/mol. The first kappa shape index (κ1) is 12.2. The summed E-state index contributed by atoms with van der Waals surface area (Å²) in [7, 11) is 0. The van der Waals surface area contributed by atoms with Gasteiger partial charge in [0.2, 0.25) is 11.8 Å². The Morgan fingerprint density at radius 3 is 2.56 bits per heavy atom. The van der Waals surface area contributed by atoms with Gasteiger partial charge in [-0.05, 0) is 23.6 Å². The van der Waals surface area contributed by atoms with Gasteiger partial charge in [-0.3, -0.25) is 0 Å². The van der Waals surface area contributed by atoms with Crippen molar-refractivity contribution < 1.29 is 4.74 Å². The Morgan fingerprint density at radius 1 is 1.11 bits per heavy atom. The third-order valence-electron chi connectivity index (χ3n) is 2.49. The normalized spacial score (nSPS) is 10.6. The molecule has 5 heteroatoms. The summed E-state index contributed by atoms with van der Waals surface area (Å²) in [4.78, 5) is 7.75. The van der Waals surface area contributed by atoms with Crippen molar-refractivity contribution >= 4 is 11.8 Å². The van der Waals surface area contributed by atoms with Crippen LogP contribution in [0.15, 0.2) is 30.3 Å². The molecule has 0 aliphatic heterocycles. The zero-order chi connectivity index (χ0) is 13.1. The molecule has 0 aliphatic carbocycles. The molecule has 94 valence electrons. The highest BCUT2D eigenvalue weighted by molar-refractivity contribution is 5.41. The number of nitrogens with zero attached hydrogens (tertiary/aromatic N) is 2. The number of benzene rings is 1. The molecule has 0 saturated carbocycles. The number of nitrogens with two attached hydrogens (primary N) is 2. The second kappa shape index (κ2) is 4.91. The van der Waals surface area contributed by atoms with Crippen molar-refractivity contribution in [3.8, 4) is 11.6 Å². The minimum Gasteiger partial charge on any atom is -0.439 e. The van der Waals surface area contributed by atoms with Gasteiger partial charge in [0.05, 0.1) is 0 Å². The molecule has 2 aromatic rings. The van der Waals surface area contributed by atoms with Crippen LogP contribution in [-0.2, 0) is 0 Å². The third-order valence-corrected chi connectivity index (χ3v) is 2.49. The maximum atomic E-state index is 5.62. The number of ether oxygens (including phenoxy) is 1. The average molecular weight is 244 g/mol. The number of nitrogen functional groups attached to an aromatic ring is 2. The Kier molecular flexibility index (Phi) is 3.32. The van der Waals surface area contributed by atoms with Crippen LogP contribution in [-0.4, -0.2) is 9.97 Å². The summed E-state index contributed by atoms with van der Waals surface area (Å²) < 4.78 is 5.62. The summed E-state index contributed by atoms with van der Waals surface area (Å²) in [5.41, 5.74) is 12.3. The predicted molar refractivity (Wildman–Crippen MR) is 71.5 cm³/mol. The Labute approximate surface area is 106 Å². The van der Waals surface area contributed by atoms with E-state index in [0.29, 0.717) is 17.5 Å². The average Bonchev–Trinajstić information content (AvgIpc) is 2.27. The topological polar surface area (TPSA) is 87.0 Å². The molecule has 4 N–H and O–H groups in total. The van der Waals surface area contributed by atoms with Crippen molar-refractivity contribution in [1.29, 1.82) is 0 Å². The highest BCUT2D eigenvalue weighted by Gasteiger charge is 2.05. The van der Waals surface area contributed by atoms with E-state index < -0.39 is 0 Å². The highest BCUT2D eigenvalue weighted by Crippen LogP contribution is 2.25. The van der Waals surface area contributed by atoms with E-state index in [0.717, 1.165) is 0 Å². The fourth-order valence-corrected chi connectivity index (χ4v) is 1.57. The summed E-state index contributed by atoms with van der Waals surface area (Å²) in [6.07, 6.45) is 0. The minimum atomic E-state index is 0.102. The zero-order valence-electron chi connectivity index (χ0n) is 10.4. The molecule has 0 amide bonds. The van der Waals surface area contributed by atoms with Crippen LogP contribution in [0.3, 0.4) is 0 Å². The fraction of sp³-hybridized carbons (Fsp3) is 0.231. The Balaban J connectivity index is 2.25. The zero-order valence-corrected chi connectivity index (χ0v) is 10.4. The first-order valence-corrected chi connectivity index (χ1v) is 5.72. The lowest BCUT2D eigenvalue weighted by Crippen LogP contribution is -2.01. The third kappa shape index (κ3) is 2.88. The van der Waals surface area contributed by atoms with Crippen molar-refractivity contribution in [1.82, 2.24) is 9.97 Å². The second-order valence-electron chi connectivity index (χ2n) is 4.32. The number of anilines is 2. The summed E-state index contributed by atoms with van der Waals surface area (Å²) in [6, 6.07) is 9.37. The van der Waals surface area contributed by atoms with E-state index in [4.69, 9.17) is 16.2 Å². The first-order valence-electron chi connectivity index (χ1n) is 5.72. The molecule has 1 aromatic carbocycles. The molecule has 0 bridgehead atoms. The lowest BCUT2D eigenvalue weighted by atomic mass is 10.0. The maximum Gasteiger partial charge on any atom is 0.226 e. The summed E-state index contributed by atoms with van der Waals surface area (Å²) >= 11 is 0. The van der Waals surface area contributed by atoms with Crippen LogP contribution in [0.25, 0.3) is 0 Å². The summed E-state index contributed by atoms with van der Waals surface area (Å²) in [5.74, 6) is 1.89. The fourth-order valence-electron chi connectivity index (χ4n) is 1.57. The molecule has 0 fully saturated rings. The van der Waals surface area contributed by atoms with Gasteiger partial charge in [-0.15, -0.1) is 0 Å². The quantitative estimate of drug-likeness (QED) is 0.866. The molecular weight excluding hydrogens is 228 g/mol. The van der Waals surface area contributed by atoms with Gasteiger partial charge < -0.3 is 16.2 Å². The highest BCUT2D eigenvalue weighted by atomic mass is 16.5. The molecular formula is C13H16N4O. The van der Waals surface area contributed by atoms with E-state index in [1.807, 2.05) is 18.2 Å². The Morgan fingerprint density at radius 2 is 1.89 bits per heavy atom. The second-order valence-corrected chi connectivity index (χ2v) is 4.32. The summed E-state index contributed by atoms with van der Waals surface area (Å²) in [5, 5.41) is 0. The number of hydrogen-bond donors (Lipinski definition) is 2. The van der Waals surface area contributed by atoms with Gasteiger partial charge in [0.1, 0.15) is 11.6 Å². The van der Waals surface area contributed by atoms with Gasteiger partial charge in [0.15, 0.2) is 0 Å². The van der Waals surface area contributed by atoms with E-state index in [1.54, 1.807) is 6.07 Å². The van der Waals surface area contributed by atoms with Crippen LogP contribution >= 0.6 is 0 Å². The van der Waals surface area contributed by atoms with Crippen molar-refractivity contribution in [3.63, 3.8) is 0 Å². The van der Waals surface area contributed by atoms with Crippen molar-refractivity contribution in [2.24, 2.45) is 0 Å². The van der Waals surface area contributed by atoms with Gasteiger partial charge in [0.25, 0.3) is 0 Å². The molecule has 2 rings (SSSR count). The minimum absolute atomic E-state index is 0.102. The molecule has 1 aromatic heterocycles. The smallest absolute Gasteiger partial charge is 0.226 e. The van der Waals surface area contributed by atoms with E-state index in [-0.39, 0.29) is 11.8 Å². The van der Waals surface area contributed by atoms with Gasteiger partial charge >= 0.3 is 0 Å². The molecule has 5 nitrogen and oxygen atoms in total. The van der Waals surface area contributed by atoms with Gasteiger partial charge in [-0.25, -0.2) is 0 Å². The van der Waals surface area contributed by atoms with Crippen LogP contribution in [0.5, 0.6) is 11.6 Å². The molecule has 0 aliphatic rings. The number of rotatable bonds is 3. The molecule has 0 unspecified atom stereocenters. The van der Waals surface area contributed by atoms with Crippen LogP contribution in [0.1, 0.15) is 25.3 Å². The first-order chi connectivity index (χ1) is 8.54. The van der Waals surface area contributed by atoms with Crippen molar-refractivity contribution in [2.45, 2.75) is 19.8 Å². The molecule has 18 heavy (non-hydrogen) atoms. The van der Waals surface area contributed by atoms with Gasteiger partial charge in [0, 0.05) is 6.07 Å². The van der Waals surface area contributed by atoms with Crippen molar-refractivity contribution in [2.75, 3.05) is 11.5 Å². The number of aromatic nitrogens is 2. The maximum absolute atomic E-state index is 5.62. The SMILES string of the molecule is CC(C)c1cccc(Oc2cc(N)nc(N)n2)c1. The summed E-state index contributed by atoms with van der Waals surface area (Å²) in [6.45, 7) is 4.25. The van der Waals surface area contributed by atoms with Crippen LogP contribution in [0.2, 0.25) is 0 Å². The Hall–Kier alpha value is -2.30. The molecule has 0 atom stereocenters.